The molecular weight excluding hydrogens is 387 g/mol. The third-order valence-electron chi connectivity index (χ3n) is 5.21. The van der Waals surface area contributed by atoms with Gasteiger partial charge in [0.25, 0.3) is 6.71 Å². The van der Waals surface area contributed by atoms with Gasteiger partial charge in [-0.3, -0.25) is 0 Å². The summed E-state index contributed by atoms with van der Waals surface area (Å²) in [5, 5.41) is 0. The number of hydrogen-bond acceptors (Lipinski definition) is 2. The van der Waals surface area contributed by atoms with Crippen molar-refractivity contribution >= 4 is 39.0 Å². The maximum atomic E-state index is 6.28. The Morgan fingerprint density at radius 2 is 1.42 bits per heavy atom. The van der Waals surface area contributed by atoms with Crippen LogP contribution in [0.5, 0.6) is 23.0 Å². The molecule has 128 valence electrons. The number of halogens is 1. The van der Waals surface area contributed by atoms with Crippen molar-refractivity contribution in [3.63, 3.8) is 0 Å². The van der Waals surface area contributed by atoms with Gasteiger partial charge in [-0.2, -0.15) is 0 Å². The van der Waals surface area contributed by atoms with Crippen molar-refractivity contribution in [1.82, 2.24) is 0 Å². The Kier molecular flexibility index (Phi) is 3.33. The molecule has 0 saturated heterocycles. The summed E-state index contributed by atoms with van der Waals surface area (Å²) >= 11 is 3.58. The predicted octanol–water partition coefficient (Wildman–Crippen LogP) is 4.47. The molecule has 0 N–H and O–H groups in total. The van der Waals surface area contributed by atoms with Crippen LogP contribution in [0, 0.1) is 0 Å². The van der Waals surface area contributed by atoms with E-state index < -0.39 is 0 Å². The second-order valence-electron chi connectivity index (χ2n) is 7.99. The van der Waals surface area contributed by atoms with Gasteiger partial charge in [0.2, 0.25) is 0 Å². The predicted molar refractivity (Wildman–Crippen MR) is 111 cm³/mol. The third kappa shape index (κ3) is 2.32. The van der Waals surface area contributed by atoms with Crippen molar-refractivity contribution in [3.05, 3.63) is 64.6 Å². The van der Waals surface area contributed by atoms with E-state index in [0.29, 0.717) is 0 Å². The average molecular weight is 405 g/mol. The van der Waals surface area contributed by atoms with Crippen LogP contribution < -0.4 is 25.9 Å². The van der Waals surface area contributed by atoms with Crippen molar-refractivity contribution in [3.8, 4) is 23.0 Å². The van der Waals surface area contributed by atoms with Gasteiger partial charge in [-0.25, -0.2) is 0 Å². The molecule has 0 unspecified atom stereocenters. The molecule has 26 heavy (non-hydrogen) atoms. The molecule has 3 aromatic carbocycles. The highest BCUT2D eigenvalue weighted by Crippen LogP contribution is 2.37. The summed E-state index contributed by atoms with van der Waals surface area (Å²) in [4.78, 5) is 0. The smallest absolute Gasteiger partial charge is 0.260 e. The fourth-order valence-electron chi connectivity index (χ4n) is 3.88. The average Bonchev–Trinajstić information content (AvgIpc) is 2.59. The summed E-state index contributed by atoms with van der Waals surface area (Å²) < 4.78 is 13.4. The summed E-state index contributed by atoms with van der Waals surface area (Å²) in [5.41, 5.74) is 4.92. The number of para-hydroxylation sites is 1. The molecule has 3 aromatic rings. The minimum atomic E-state index is 0.0859. The maximum Gasteiger partial charge on any atom is 0.260 e. The highest BCUT2D eigenvalue weighted by molar-refractivity contribution is 9.10. The van der Waals surface area contributed by atoms with E-state index in [2.05, 4.69) is 67.0 Å². The van der Waals surface area contributed by atoms with Gasteiger partial charge < -0.3 is 9.47 Å². The molecule has 0 aromatic heterocycles. The van der Waals surface area contributed by atoms with E-state index in [0.717, 1.165) is 32.9 Å². The van der Waals surface area contributed by atoms with Crippen molar-refractivity contribution in [2.75, 3.05) is 0 Å². The molecule has 0 atom stereocenters. The zero-order valence-corrected chi connectivity index (χ0v) is 16.6. The van der Waals surface area contributed by atoms with E-state index in [1.54, 1.807) is 0 Å². The van der Waals surface area contributed by atoms with E-state index in [4.69, 9.17) is 9.47 Å². The van der Waals surface area contributed by atoms with Gasteiger partial charge in [-0.05, 0) is 46.2 Å². The van der Waals surface area contributed by atoms with Crippen LogP contribution in [0.3, 0.4) is 0 Å². The van der Waals surface area contributed by atoms with E-state index in [-0.39, 0.29) is 12.1 Å². The minimum absolute atomic E-state index is 0.0859. The van der Waals surface area contributed by atoms with Gasteiger partial charge in [0.1, 0.15) is 23.0 Å². The molecule has 2 heterocycles. The lowest BCUT2D eigenvalue weighted by molar-refractivity contribution is 0.463. The van der Waals surface area contributed by atoms with Crippen LogP contribution in [0.25, 0.3) is 0 Å². The Morgan fingerprint density at radius 3 is 2.12 bits per heavy atom. The first kappa shape index (κ1) is 16.0. The quantitative estimate of drug-likeness (QED) is 0.354. The lowest BCUT2D eigenvalue weighted by Crippen LogP contribution is -2.57. The standard InChI is InChI=1S/C22H18BBrO2/c1-22(2,3)13-8-9-18-16(10-13)23-15-6-4-5-7-17(15)25-19-11-14(24)12-20(26-18)21(19)23/h4-12H,1-3H3. The van der Waals surface area contributed by atoms with Crippen LogP contribution in [0.4, 0.5) is 0 Å². The molecule has 0 aliphatic carbocycles. The molecule has 0 fully saturated rings. The molecule has 2 aliphatic rings. The first-order valence-corrected chi connectivity index (χ1v) is 9.63. The van der Waals surface area contributed by atoms with Crippen LogP contribution >= 0.6 is 15.9 Å². The highest BCUT2D eigenvalue weighted by Gasteiger charge is 2.40. The Labute approximate surface area is 162 Å². The number of fused-ring (bicyclic) bond motifs is 4. The lowest BCUT2D eigenvalue weighted by atomic mass is 9.34. The van der Waals surface area contributed by atoms with Gasteiger partial charge in [-0.1, -0.05) is 67.0 Å². The van der Waals surface area contributed by atoms with Gasteiger partial charge in [0.05, 0.1) is 0 Å². The summed E-state index contributed by atoms with van der Waals surface area (Å²) in [6, 6.07) is 19.0. The first-order valence-electron chi connectivity index (χ1n) is 8.84. The Morgan fingerprint density at radius 1 is 0.769 bits per heavy atom. The SMILES string of the molecule is CC(C)(C)c1ccc2c(c1)B1c3ccccc3Oc3cc(Br)cc(c31)O2. The number of rotatable bonds is 0. The van der Waals surface area contributed by atoms with Crippen LogP contribution in [-0.2, 0) is 5.41 Å². The molecule has 0 spiro atoms. The van der Waals surface area contributed by atoms with Crippen molar-refractivity contribution < 1.29 is 9.47 Å². The van der Waals surface area contributed by atoms with Crippen LogP contribution in [0.15, 0.2) is 59.1 Å². The van der Waals surface area contributed by atoms with Crippen molar-refractivity contribution in [1.29, 1.82) is 0 Å². The molecular formula is C22H18BBrO2. The molecule has 0 saturated carbocycles. The summed E-state index contributed by atoms with van der Waals surface area (Å²) in [5.74, 6) is 3.58. The largest absolute Gasteiger partial charge is 0.458 e. The molecule has 0 radical (unpaired) electrons. The van der Waals surface area contributed by atoms with Crippen molar-refractivity contribution in [2.24, 2.45) is 0 Å². The Bertz CT molecular complexity index is 1040. The van der Waals surface area contributed by atoms with Crippen molar-refractivity contribution in [2.45, 2.75) is 26.2 Å². The summed E-state index contributed by atoms with van der Waals surface area (Å²) in [6.45, 7) is 6.86. The Hall–Kier alpha value is -2.20. The molecule has 0 amide bonds. The van der Waals surface area contributed by atoms with Crippen LogP contribution in [-0.4, -0.2) is 6.71 Å². The molecule has 0 bridgehead atoms. The van der Waals surface area contributed by atoms with Gasteiger partial charge in [0, 0.05) is 9.94 Å². The maximum absolute atomic E-state index is 6.28. The van der Waals surface area contributed by atoms with E-state index in [1.807, 2.05) is 24.3 Å². The fourth-order valence-corrected chi connectivity index (χ4v) is 4.30. The minimum Gasteiger partial charge on any atom is -0.458 e. The van der Waals surface area contributed by atoms with E-state index >= 15 is 0 Å². The number of ether oxygens (including phenoxy) is 2. The lowest BCUT2D eigenvalue weighted by Gasteiger charge is -2.34. The first-order chi connectivity index (χ1) is 12.4. The molecule has 5 rings (SSSR count). The van der Waals surface area contributed by atoms with Crippen LogP contribution in [0.1, 0.15) is 26.3 Å². The fraction of sp³-hybridized carbons (Fsp3) is 0.182. The Balaban J connectivity index is 1.81. The monoisotopic (exact) mass is 404 g/mol. The third-order valence-corrected chi connectivity index (χ3v) is 5.67. The molecule has 2 aliphatic heterocycles. The molecule has 2 nitrogen and oxygen atoms in total. The molecule has 4 heteroatoms. The zero-order valence-electron chi connectivity index (χ0n) is 15.0. The zero-order chi connectivity index (χ0) is 18.1. The van der Waals surface area contributed by atoms with E-state index in [1.165, 1.54) is 16.5 Å². The topological polar surface area (TPSA) is 18.5 Å². The van der Waals surface area contributed by atoms with Crippen LogP contribution in [0.2, 0.25) is 0 Å². The second-order valence-corrected chi connectivity index (χ2v) is 8.91. The number of benzene rings is 3. The number of hydrogen-bond donors (Lipinski definition) is 0. The normalized spacial score (nSPS) is 13.9. The van der Waals surface area contributed by atoms with E-state index in [9.17, 15) is 0 Å². The summed E-state index contributed by atoms with van der Waals surface area (Å²) in [7, 11) is 0. The van der Waals surface area contributed by atoms with Gasteiger partial charge >= 0.3 is 0 Å². The summed E-state index contributed by atoms with van der Waals surface area (Å²) in [6.07, 6.45) is 0. The second kappa shape index (κ2) is 5.40. The van der Waals surface area contributed by atoms with Gasteiger partial charge in [0.15, 0.2) is 0 Å². The highest BCUT2D eigenvalue weighted by atomic mass is 79.9. The van der Waals surface area contributed by atoms with Gasteiger partial charge in [-0.15, -0.1) is 0 Å².